The molecule has 0 aromatic carbocycles. The Morgan fingerprint density at radius 2 is 1.73 bits per heavy atom. The van der Waals surface area contributed by atoms with E-state index < -0.39 is 0 Å². The Hall–Kier alpha value is -1.16. The molecule has 1 saturated heterocycles. The van der Waals surface area contributed by atoms with Crippen LogP contribution in [0.1, 0.15) is 13.8 Å². The van der Waals surface area contributed by atoms with Gasteiger partial charge in [0.25, 0.3) is 0 Å². The quantitative estimate of drug-likeness (QED) is 0.657. The van der Waals surface area contributed by atoms with Crippen LogP contribution in [0.25, 0.3) is 0 Å². The summed E-state index contributed by atoms with van der Waals surface area (Å²) in [5, 5.41) is 0. The Morgan fingerprint density at radius 1 is 1.13 bits per heavy atom. The SMILES string of the molecule is CCN1CCN(/C(N)=C/C=C(/C)N)CC1. The Morgan fingerprint density at radius 3 is 2.20 bits per heavy atom. The lowest BCUT2D eigenvalue weighted by molar-refractivity contribution is 0.164. The third kappa shape index (κ3) is 3.83. The molecule has 0 unspecified atom stereocenters. The van der Waals surface area contributed by atoms with Crippen LogP contribution in [0, 0.1) is 0 Å². The van der Waals surface area contributed by atoms with E-state index in [0.29, 0.717) is 0 Å². The molecule has 0 atom stereocenters. The number of nitrogens with two attached hydrogens (primary N) is 2. The maximum absolute atomic E-state index is 5.95. The summed E-state index contributed by atoms with van der Waals surface area (Å²) in [6, 6.07) is 0. The van der Waals surface area contributed by atoms with Crippen molar-refractivity contribution in [2.24, 2.45) is 11.5 Å². The van der Waals surface area contributed by atoms with Crippen molar-refractivity contribution in [3.05, 3.63) is 23.7 Å². The summed E-state index contributed by atoms with van der Waals surface area (Å²) < 4.78 is 0. The molecule has 0 amide bonds. The highest BCUT2D eigenvalue weighted by molar-refractivity contribution is 5.12. The zero-order valence-corrected chi connectivity index (χ0v) is 9.74. The number of piperazine rings is 1. The minimum Gasteiger partial charge on any atom is -0.402 e. The van der Waals surface area contributed by atoms with Crippen LogP contribution in [-0.4, -0.2) is 42.5 Å². The van der Waals surface area contributed by atoms with Crippen LogP contribution in [-0.2, 0) is 0 Å². The van der Waals surface area contributed by atoms with Crippen LogP contribution in [0.3, 0.4) is 0 Å². The molecule has 86 valence electrons. The number of nitrogens with zero attached hydrogens (tertiary/aromatic N) is 2. The van der Waals surface area contributed by atoms with Gasteiger partial charge in [0, 0.05) is 31.9 Å². The third-order valence-corrected chi connectivity index (χ3v) is 2.70. The Balaban J connectivity index is 2.46. The number of rotatable bonds is 3. The predicted molar refractivity (Wildman–Crippen MR) is 63.9 cm³/mol. The number of allylic oxidation sites excluding steroid dienone is 3. The van der Waals surface area contributed by atoms with E-state index >= 15 is 0 Å². The summed E-state index contributed by atoms with van der Waals surface area (Å²) in [6.45, 7) is 9.38. The predicted octanol–water partition coefficient (Wildman–Crippen LogP) is 0.287. The third-order valence-electron chi connectivity index (χ3n) is 2.70. The average Bonchev–Trinajstić information content (AvgIpc) is 2.26. The van der Waals surface area contributed by atoms with E-state index in [0.717, 1.165) is 44.2 Å². The number of likely N-dealkylation sites (N-methyl/N-ethyl adjacent to an activating group) is 1. The van der Waals surface area contributed by atoms with Gasteiger partial charge < -0.3 is 21.3 Å². The Labute approximate surface area is 92.2 Å². The van der Waals surface area contributed by atoms with E-state index in [4.69, 9.17) is 11.5 Å². The van der Waals surface area contributed by atoms with Gasteiger partial charge in [-0.3, -0.25) is 0 Å². The maximum Gasteiger partial charge on any atom is 0.0987 e. The van der Waals surface area contributed by atoms with Gasteiger partial charge in [0.2, 0.25) is 0 Å². The van der Waals surface area contributed by atoms with Crippen LogP contribution in [0.15, 0.2) is 23.7 Å². The summed E-state index contributed by atoms with van der Waals surface area (Å²) in [6.07, 6.45) is 3.73. The van der Waals surface area contributed by atoms with Crippen molar-refractivity contribution in [3.8, 4) is 0 Å². The van der Waals surface area contributed by atoms with Gasteiger partial charge in [-0.05, 0) is 25.6 Å². The minimum absolute atomic E-state index is 0.783. The van der Waals surface area contributed by atoms with E-state index in [2.05, 4.69) is 16.7 Å². The second-order valence-corrected chi connectivity index (χ2v) is 3.92. The van der Waals surface area contributed by atoms with Crippen LogP contribution < -0.4 is 11.5 Å². The summed E-state index contributed by atoms with van der Waals surface area (Å²) in [7, 11) is 0. The molecule has 4 nitrogen and oxygen atoms in total. The number of hydrogen-bond donors (Lipinski definition) is 2. The fraction of sp³-hybridized carbons (Fsp3) is 0.636. The normalized spacial score (nSPS) is 20.8. The molecule has 0 aromatic rings. The summed E-state index contributed by atoms with van der Waals surface area (Å²) in [4.78, 5) is 4.62. The summed E-state index contributed by atoms with van der Waals surface area (Å²) in [5.74, 6) is 0.815. The molecule has 4 N–H and O–H groups in total. The average molecular weight is 210 g/mol. The molecule has 0 saturated carbocycles. The molecule has 1 heterocycles. The molecular weight excluding hydrogens is 188 g/mol. The Bertz CT molecular complexity index is 245. The van der Waals surface area contributed by atoms with Gasteiger partial charge in [-0.15, -0.1) is 0 Å². The fourth-order valence-electron chi connectivity index (χ4n) is 1.64. The highest BCUT2D eigenvalue weighted by Crippen LogP contribution is 2.05. The van der Waals surface area contributed by atoms with Crippen LogP contribution in [0.4, 0.5) is 0 Å². The van der Waals surface area contributed by atoms with E-state index in [1.807, 2.05) is 19.1 Å². The second kappa shape index (κ2) is 5.66. The zero-order chi connectivity index (χ0) is 11.3. The van der Waals surface area contributed by atoms with Crippen molar-refractivity contribution in [2.45, 2.75) is 13.8 Å². The van der Waals surface area contributed by atoms with E-state index in [-0.39, 0.29) is 0 Å². The molecular formula is C11H22N4. The van der Waals surface area contributed by atoms with Crippen LogP contribution >= 0.6 is 0 Å². The number of hydrogen-bond acceptors (Lipinski definition) is 4. The van der Waals surface area contributed by atoms with Crippen molar-refractivity contribution in [2.75, 3.05) is 32.7 Å². The first-order valence-corrected chi connectivity index (χ1v) is 5.50. The van der Waals surface area contributed by atoms with Gasteiger partial charge in [0.1, 0.15) is 0 Å². The van der Waals surface area contributed by atoms with Crippen LogP contribution in [0.5, 0.6) is 0 Å². The first kappa shape index (κ1) is 11.9. The van der Waals surface area contributed by atoms with E-state index in [1.54, 1.807) is 0 Å². The van der Waals surface area contributed by atoms with Gasteiger partial charge in [-0.2, -0.15) is 0 Å². The van der Waals surface area contributed by atoms with Crippen molar-refractivity contribution in [1.82, 2.24) is 9.80 Å². The lowest BCUT2D eigenvalue weighted by Gasteiger charge is -2.35. The zero-order valence-electron chi connectivity index (χ0n) is 9.74. The summed E-state index contributed by atoms with van der Waals surface area (Å²) >= 11 is 0. The molecule has 1 rings (SSSR count). The monoisotopic (exact) mass is 210 g/mol. The smallest absolute Gasteiger partial charge is 0.0987 e. The molecule has 1 aliphatic rings. The molecule has 0 aliphatic carbocycles. The van der Waals surface area contributed by atoms with Crippen molar-refractivity contribution < 1.29 is 0 Å². The van der Waals surface area contributed by atoms with E-state index in [9.17, 15) is 0 Å². The van der Waals surface area contributed by atoms with Gasteiger partial charge in [-0.1, -0.05) is 6.92 Å². The van der Waals surface area contributed by atoms with Gasteiger partial charge in [0.05, 0.1) is 5.82 Å². The fourth-order valence-corrected chi connectivity index (χ4v) is 1.64. The lowest BCUT2D eigenvalue weighted by atomic mass is 10.3. The maximum atomic E-state index is 5.95. The molecule has 1 aliphatic heterocycles. The largest absolute Gasteiger partial charge is 0.402 e. The second-order valence-electron chi connectivity index (χ2n) is 3.92. The first-order valence-electron chi connectivity index (χ1n) is 5.50. The molecule has 15 heavy (non-hydrogen) atoms. The molecule has 0 radical (unpaired) electrons. The van der Waals surface area contributed by atoms with Crippen molar-refractivity contribution in [3.63, 3.8) is 0 Å². The highest BCUT2D eigenvalue weighted by Gasteiger charge is 2.15. The highest BCUT2D eigenvalue weighted by atomic mass is 15.3. The lowest BCUT2D eigenvalue weighted by Crippen LogP contribution is -2.46. The van der Waals surface area contributed by atoms with Gasteiger partial charge in [-0.25, -0.2) is 0 Å². The molecule has 0 aromatic heterocycles. The van der Waals surface area contributed by atoms with Gasteiger partial charge in [0.15, 0.2) is 0 Å². The van der Waals surface area contributed by atoms with Crippen LogP contribution in [0.2, 0.25) is 0 Å². The molecule has 4 heteroatoms. The van der Waals surface area contributed by atoms with Crippen molar-refractivity contribution in [1.29, 1.82) is 0 Å². The van der Waals surface area contributed by atoms with Crippen molar-refractivity contribution >= 4 is 0 Å². The Kier molecular flexibility index (Phi) is 4.49. The topological polar surface area (TPSA) is 58.5 Å². The van der Waals surface area contributed by atoms with E-state index in [1.165, 1.54) is 0 Å². The summed E-state index contributed by atoms with van der Waals surface area (Å²) in [5.41, 5.74) is 12.3. The molecule has 0 spiro atoms. The minimum atomic E-state index is 0.783. The van der Waals surface area contributed by atoms with Gasteiger partial charge >= 0.3 is 0 Å². The molecule has 0 bridgehead atoms. The standard InChI is InChI=1S/C11H22N4/c1-3-14-6-8-15(9-7-14)11(13)5-4-10(2)12/h4-5H,3,6-9,12-13H2,1-2H3/b10-4-,11-5+. The first-order chi connectivity index (χ1) is 7.13. The molecule has 1 fully saturated rings.